The fourth-order valence-corrected chi connectivity index (χ4v) is 7.49. The lowest BCUT2D eigenvalue weighted by atomic mass is 9.93. The Kier molecular flexibility index (Phi) is 13.9. The minimum atomic E-state index is -2.23. The van der Waals surface area contributed by atoms with E-state index in [-0.39, 0.29) is 18.1 Å². The molecule has 0 spiro atoms. The summed E-state index contributed by atoms with van der Waals surface area (Å²) in [5.41, 5.74) is 8.62. The van der Waals surface area contributed by atoms with Crippen molar-refractivity contribution >= 4 is 33.6 Å². The molecule has 2 fully saturated rings. The van der Waals surface area contributed by atoms with Crippen LogP contribution >= 0.6 is 15.9 Å². The Morgan fingerprint density at radius 2 is 1.54 bits per heavy atom. The highest BCUT2D eigenvalue weighted by Gasteiger charge is 2.37. The number of carbonyl (C=O) groups is 2. The zero-order valence-electron chi connectivity index (χ0n) is 29.5. The van der Waals surface area contributed by atoms with Gasteiger partial charge in [-0.3, -0.25) is 9.80 Å². The average molecular weight is 752 g/mol. The Bertz CT molecular complexity index is 1540. The lowest BCUT2D eigenvalue weighted by molar-refractivity contribution is -0.158. The molecule has 1 atom stereocenters. The fraction of sp³-hybridized carbons (Fsp3) is 0.500. The third-order valence-electron chi connectivity index (χ3n) is 10.2. The number of rotatable bonds is 15. The van der Waals surface area contributed by atoms with Crippen LogP contribution in [0.1, 0.15) is 73.9 Å². The van der Waals surface area contributed by atoms with E-state index in [1.165, 1.54) is 39.0 Å². The highest BCUT2D eigenvalue weighted by molar-refractivity contribution is 9.10. The summed E-state index contributed by atoms with van der Waals surface area (Å²) in [5, 5.41) is 0. The summed E-state index contributed by atoms with van der Waals surface area (Å²) >= 11 is 3.56. The van der Waals surface area contributed by atoms with Crippen LogP contribution in [0.15, 0.2) is 71.2 Å². The van der Waals surface area contributed by atoms with Gasteiger partial charge in [0.2, 0.25) is 5.67 Å². The Hall–Kier alpha value is -3.31. The van der Waals surface area contributed by atoms with Gasteiger partial charge in [0, 0.05) is 61.9 Å². The molecular formula is C40H52BrFN4O4. The minimum absolute atomic E-state index is 0.135. The highest BCUT2D eigenvalue weighted by Crippen LogP contribution is 2.31. The molecule has 2 N–H and O–H groups in total. The second kappa shape index (κ2) is 18.3. The Balaban J connectivity index is 0.988. The summed E-state index contributed by atoms with van der Waals surface area (Å²) in [7, 11) is 0. The summed E-state index contributed by atoms with van der Waals surface area (Å²) in [6.45, 7) is 10.3. The summed E-state index contributed by atoms with van der Waals surface area (Å²) < 4.78 is 27.3. The summed E-state index contributed by atoms with van der Waals surface area (Å²) in [5.74, 6) is -1.20. The van der Waals surface area contributed by atoms with Gasteiger partial charge in [-0.25, -0.2) is 14.0 Å². The van der Waals surface area contributed by atoms with Crippen molar-refractivity contribution in [3.05, 3.63) is 87.9 Å². The van der Waals surface area contributed by atoms with Crippen molar-refractivity contribution < 1.29 is 23.5 Å². The molecular weight excluding hydrogens is 699 g/mol. The molecule has 270 valence electrons. The first kappa shape index (κ1) is 37.9. The second-order valence-corrected chi connectivity index (χ2v) is 14.5. The molecule has 0 amide bonds. The van der Waals surface area contributed by atoms with Crippen LogP contribution < -0.4 is 5.73 Å². The van der Waals surface area contributed by atoms with E-state index in [1.54, 1.807) is 18.2 Å². The molecule has 0 aromatic heterocycles. The molecule has 1 saturated carbocycles. The van der Waals surface area contributed by atoms with Crippen molar-refractivity contribution in [3.8, 4) is 11.1 Å². The summed E-state index contributed by atoms with van der Waals surface area (Å²) in [4.78, 5) is 32.7. The molecule has 8 nitrogen and oxygen atoms in total. The number of hydrogen-bond acceptors (Lipinski definition) is 8. The smallest absolute Gasteiger partial charge is 0.348 e. The highest BCUT2D eigenvalue weighted by atomic mass is 79.9. The largest absolute Gasteiger partial charge is 0.462 e. The molecule has 1 aliphatic heterocycles. The van der Waals surface area contributed by atoms with Crippen molar-refractivity contribution in [1.29, 1.82) is 0 Å². The van der Waals surface area contributed by atoms with Gasteiger partial charge in [-0.15, -0.1) is 0 Å². The second-order valence-electron chi connectivity index (χ2n) is 13.6. The van der Waals surface area contributed by atoms with Gasteiger partial charge in [0.15, 0.2) is 0 Å². The standard InChI is InChI=1S/C40H52BrFN4O4/c1-3-46(35-13-8-5-9-14-35)29-33-27-32(28-36(41)37(33)43)38(47)49-25-10-19-44-20-22-45(23-21-44)24-26-50-39(48)40(2,42)34-17-15-31(16-18-34)30-11-6-4-7-12-30/h4,6-7,11-12,15-18,27-28,35H,3,5,8-10,13-14,19-26,29,43H2,1-2H3. The minimum Gasteiger partial charge on any atom is -0.462 e. The molecule has 0 bridgehead atoms. The molecule has 1 unspecified atom stereocenters. The van der Waals surface area contributed by atoms with E-state index in [4.69, 9.17) is 15.2 Å². The Morgan fingerprint density at radius 1 is 0.900 bits per heavy atom. The van der Waals surface area contributed by atoms with Crippen LogP contribution in [-0.2, 0) is 26.5 Å². The molecule has 2 aliphatic rings. The maximum Gasteiger partial charge on any atom is 0.348 e. The number of alkyl halides is 1. The number of carbonyl (C=O) groups excluding carboxylic acids is 2. The van der Waals surface area contributed by atoms with Crippen LogP contribution in [0.3, 0.4) is 0 Å². The summed E-state index contributed by atoms with van der Waals surface area (Å²) in [6, 6.07) is 21.0. The number of halogens is 2. The zero-order valence-corrected chi connectivity index (χ0v) is 31.1. The summed E-state index contributed by atoms with van der Waals surface area (Å²) in [6.07, 6.45) is 7.02. The van der Waals surface area contributed by atoms with E-state index < -0.39 is 11.6 Å². The molecule has 3 aromatic rings. The lowest BCUT2D eigenvalue weighted by Gasteiger charge is -2.34. The van der Waals surface area contributed by atoms with Crippen LogP contribution in [0.5, 0.6) is 0 Å². The van der Waals surface area contributed by atoms with Crippen LogP contribution in [0.4, 0.5) is 10.1 Å². The van der Waals surface area contributed by atoms with Gasteiger partial charge in [-0.05, 0) is 77.5 Å². The van der Waals surface area contributed by atoms with Gasteiger partial charge in [0.25, 0.3) is 0 Å². The maximum atomic E-state index is 15.5. The zero-order chi connectivity index (χ0) is 35.5. The van der Waals surface area contributed by atoms with Gasteiger partial charge in [0.05, 0.1) is 17.9 Å². The van der Waals surface area contributed by atoms with E-state index >= 15 is 4.39 Å². The molecule has 0 radical (unpaired) electrons. The van der Waals surface area contributed by atoms with Gasteiger partial charge in [-0.1, -0.05) is 80.8 Å². The third-order valence-corrected chi connectivity index (χ3v) is 10.9. The monoisotopic (exact) mass is 750 g/mol. The quantitative estimate of drug-likeness (QED) is 0.0975. The molecule has 1 heterocycles. The average Bonchev–Trinajstić information content (AvgIpc) is 3.15. The number of hydrogen-bond donors (Lipinski definition) is 1. The fourth-order valence-electron chi connectivity index (χ4n) is 6.99. The van der Waals surface area contributed by atoms with Crippen molar-refractivity contribution in [1.82, 2.24) is 14.7 Å². The maximum absolute atomic E-state index is 15.5. The molecule has 50 heavy (non-hydrogen) atoms. The number of anilines is 1. The number of esters is 2. The SMILES string of the molecule is CCN(Cc1cc(C(=O)OCCCN2CCN(CCOC(=O)C(C)(F)c3ccc(-c4ccccc4)cc3)CC2)cc(Br)c1N)C1CCCCC1. The van der Waals surface area contributed by atoms with E-state index in [1.807, 2.05) is 48.5 Å². The Morgan fingerprint density at radius 3 is 2.20 bits per heavy atom. The molecule has 10 heteroatoms. The van der Waals surface area contributed by atoms with Crippen molar-refractivity contribution in [2.24, 2.45) is 0 Å². The van der Waals surface area contributed by atoms with Crippen LogP contribution in [0, 0.1) is 0 Å². The van der Waals surface area contributed by atoms with E-state index in [0.29, 0.717) is 30.4 Å². The number of piperazine rings is 1. The predicted molar refractivity (Wildman–Crippen MR) is 201 cm³/mol. The first-order valence-corrected chi connectivity index (χ1v) is 18.9. The van der Waals surface area contributed by atoms with Gasteiger partial charge < -0.3 is 20.1 Å². The van der Waals surface area contributed by atoms with Crippen molar-refractivity contribution in [2.45, 2.75) is 70.6 Å². The molecule has 5 rings (SSSR count). The first-order valence-electron chi connectivity index (χ1n) is 18.1. The van der Waals surface area contributed by atoms with E-state index in [0.717, 1.165) is 73.4 Å². The van der Waals surface area contributed by atoms with Gasteiger partial charge in [0.1, 0.15) is 6.61 Å². The van der Waals surface area contributed by atoms with E-state index in [2.05, 4.69) is 37.6 Å². The van der Waals surface area contributed by atoms with Crippen LogP contribution in [0.2, 0.25) is 0 Å². The number of ether oxygens (including phenoxy) is 2. The molecule has 3 aromatic carbocycles. The van der Waals surface area contributed by atoms with E-state index in [9.17, 15) is 9.59 Å². The number of benzene rings is 3. The van der Waals surface area contributed by atoms with Gasteiger partial charge >= 0.3 is 11.9 Å². The normalized spacial score (nSPS) is 17.4. The van der Waals surface area contributed by atoms with Crippen molar-refractivity contribution in [3.63, 3.8) is 0 Å². The molecule has 1 aliphatic carbocycles. The Labute approximate surface area is 305 Å². The van der Waals surface area contributed by atoms with Crippen molar-refractivity contribution in [2.75, 3.05) is 64.8 Å². The predicted octanol–water partition coefficient (Wildman–Crippen LogP) is 7.45. The van der Waals surface area contributed by atoms with Crippen LogP contribution in [0.25, 0.3) is 11.1 Å². The molecule has 1 saturated heterocycles. The van der Waals surface area contributed by atoms with Crippen LogP contribution in [-0.4, -0.2) is 91.7 Å². The topological polar surface area (TPSA) is 88.3 Å². The number of nitrogens with two attached hydrogens (primary N) is 1. The number of nitrogen functional groups attached to an aromatic ring is 1. The third kappa shape index (κ3) is 10.1. The first-order chi connectivity index (χ1) is 24.2. The lowest BCUT2D eigenvalue weighted by Crippen LogP contribution is -2.47. The number of nitrogens with zero attached hydrogens (tertiary/aromatic N) is 3. The van der Waals surface area contributed by atoms with Gasteiger partial charge in [-0.2, -0.15) is 0 Å².